The predicted octanol–water partition coefficient (Wildman–Crippen LogP) is 1.12. The van der Waals surface area contributed by atoms with Crippen LogP contribution in [0.2, 0.25) is 0 Å². The Morgan fingerprint density at radius 2 is 2.18 bits per heavy atom. The molecule has 0 amide bonds. The molecule has 0 aliphatic carbocycles. The number of anilines is 1. The van der Waals surface area contributed by atoms with E-state index in [-0.39, 0.29) is 17.2 Å². The Balaban J connectivity index is 3.21. The molecular weight excluding hydrogens is 149 g/mol. The lowest BCUT2D eigenvalue weighted by Gasteiger charge is -2.03. The number of aromatic hydroxyl groups is 1. The third-order valence-electron chi connectivity index (χ3n) is 1.30. The summed E-state index contributed by atoms with van der Waals surface area (Å²) in [5.41, 5.74) is 5.20. The van der Waals surface area contributed by atoms with Gasteiger partial charge in [-0.25, -0.2) is 4.39 Å². The molecule has 1 aromatic carbocycles. The highest BCUT2D eigenvalue weighted by Gasteiger charge is 2.05. The van der Waals surface area contributed by atoms with Crippen molar-refractivity contribution >= 4 is 5.69 Å². The number of phenolic OH excluding ortho intramolecular Hbond substituents is 1. The van der Waals surface area contributed by atoms with E-state index in [4.69, 9.17) is 10.8 Å². The van der Waals surface area contributed by atoms with Crippen LogP contribution in [-0.4, -0.2) is 12.2 Å². The van der Waals surface area contributed by atoms with Crippen molar-refractivity contribution in [3.8, 4) is 11.5 Å². The molecule has 4 heteroatoms. The Morgan fingerprint density at radius 3 is 2.73 bits per heavy atom. The number of nitrogens with two attached hydrogens (primary N) is 1. The van der Waals surface area contributed by atoms with Gasteiger partial charge >= 0.3 is 0 Å². The number of hydrogen-bond acceptors (Lipinski definition) is 3. The number of rotatable bonds is 1. The van der Waals surface area contributed by atoms with Gasteiger partial charge in [-0.2, -0.15) is 0 Å². The summed E-state index contributed by atoms with van der Waals surface area (Å²) < 4.78 is 17.3. The second-order valence-corrected chi connectivity index (χ2v) is 2.05. The zero-order chi connectivity index (χ0) is 8.43. The zero-order valence-corrected chi connectivity index (χ0v) is 5.97. The fraction of sp³-hybridized carbons (Fsp3) is 0.143. The fourth-order valence-corrected chi connectivity index (χ4v) is 0.714. The van der Waals surface area contributed by atoms with Crippen LogP contribution in [0.4, 0.5) is 10.1 Å². The molecule has 0 heterocycles. The van der Waals surface area contributed by atoms with Gasteiger partial charge in [0.2, 0.25) is 0 Å². The van der Waals surface area contributed by atoms with Crippen LogP contribution < -0.4 is 10.5 Å². The third-order valence-corrected chi connectivity index (χ3v) is 1.30. The van der Waals surface area contributed by atoms with Gasteiger partial charge in [-0.1, -0.05) is 0 Å². The number of nitrogen functional groups attached to an aromatic ring is 1. The Kier molecular flexibility index (Phi) is 1.85. The van der Waals surface area contributed by atoms with E-state index in [1.165, 1.54) is 7.11 Å². The maximum absolute atomic E-state index is 12.7. The van der Waals surface area contributed by atoms with Crippen LogP contribution in [0.15, 0.2) is 12.1 Å². The molecule has 0 aliphatic heterocycles. The third kappa shape index (κ3) is 1.34. The van der Waals surface area contributed by atoms with Crippen molar-refractivity contribution < 1.29 is 14.2 Å². The highest BCUT2D eigenvalue weighted by atomic mass is 19.1. The van der Waals surface area contributed by atoms with Crippen molar-refractivity contribution in [3.05, 3.63) is 17.9 Å². The van der Waals surface area contributed by atoms with Crippen LogP contribution in [0.5, 0.6) is 11.5 Å². The predicted molar refractivity (Wildman–Crippen MR) is 39.0 cm³/mol. The summed E-state index contributed by atoms with van der Waals surface area (Å²) in [5, 5.41) is 8.98. The normalized spacial score (nSPS) is 9.64. The fourth-order valence-electron chi connectivity index (χ4n) is 0.714. The minimum absolute atomic E-state index is 0.00306. The summed E-state index contributed by atoms with van der Waals surface area (Å²) in [4.78, 5) is 0. The number of methoxy groups -OCH3 is 1. The monoisotopic (exact) mass is 157 g/mol. The van der Waals surface area contributed by atoms with E-state index in [9.17, 15) is 4.39 Å². The van der Waals surface area contributed by atoms with Crippen molar-refractivity contribution in [2.45, 2.75) is 0 Å². The minimum Gasteiger partial charge on any atom is -0.506 e. The molecule has 1 aromatic rings. The van der Waals surface area contributed by atoms with Gasteiger partial charge < -0.3 is 15.6 Å². The number of hydrogen-bond donors (Lipinski definition) is 2. The average molecular weight is 157 g/mol. The van der Waals surface area contributed by atoms with Crippen molar-refractivity contribution in [3.63, 3.8) is 0 Å². The van der Waals surface area contributed by atoms with Gasteiger partial charge in [0.15, 0.2) is 11.6 Å². The summed E-state index contributed by atoms with van der Waals surface area (Å²) in [6.45, 7) is 0. The van der Waals surface area contributed by atoms with E-state index in [2.05, 4.69) is 4.74 Å². The summed E-state index contributed by atoms with van der Waals surface area (Å²) >= 11 is 0. The first kappa shape index (κ1) is 7.65. The van der Waals surface area contributed by atoms with Gasteiger partial charge in [0.05, 0.1) is 12.8 Å². The molecule has 0 aliphatic rings. The first-order chi connectivity index (χ1) is 5.15. The van der Waals surface area contributed by atoms with E-state index < -0.39 is 5.82 Å². The van der Waals surface area contributed by atoms with E-state index in [1.807, 2.05) is 0 Å². The minimum atomic E-state index is -0.581. The molecule has 0 fully saturated rings. The summed E-state index contributed by atoms with van der Waals surface area (Å²) in [6.07, 6.45) is 0. The SMILES string of the molecule is COc1cc(O)c(N)cc1F. The largest absolute Gasteiger partial charge is 0.506 e. The van der Waals surface area contributed by atoms with Crippen LogP contribution in [0.3, 0.4) is 0 Å². The number of phenols is 1. The molecule has 0 aromatic heterocycles. The Labute approximate surface area is 63.2 Å². The number of benzene rings is 1. The van der Waals surface area contributed by atoms with Crippen molar-refractivity contribution in [2.24, 2.45) is 0 Å². The second kappa shape index (κ2) is 2.65. The molecule has 0 bridgehead atoms. The van der Waals surface area contributed by atoms with Gasteiger partial charge in [-0.3, -0.25) is 0 Å². The average Bonchev–Trinajstić information content (AvgIpc) is 1.97. The molecule has 60 valence electrons. The molecule has 0 unspecified atom stereocenters. The summed E-state index contributed by atoms with van der Waals surface area (Å²) in [7, 11) is 1.31. The number of halogens is 1. The van der Waals surface area contributed by atoms with Gasteiger partial charge in [-0.15, -0.1) is 0 Å². The van der Waals surface area contributed by atoms with E-state index >= 15 is 0 Å². The standard InChI is InChI=1S/C7H8FNO2/c1-11-7-3-6(10)5(9)2-4(7)8/h2-3,10H,9H2,1H3. The quantitative estimate of drug-likeness (QED) is 0.474. The van der Waals surface area contributed by atoms with Gasteiger partial charge in [0, 0.05) is 12.1 Å². The molecule has 0 atom stereocenters. The molecule has 3 nitrogen and oxygen atoms in total. The Hall–Kier alpha value is -1.45. The summed E-state index contributed by atoms with van der Waals surface area (Å²) in [5.74, 6) is -0.775. The van der Waals surface area contributed by atoms with Crippen LogP contribution >= 0.6 is 0 Å². The molecule has 0 radical (unpaired) electrons. The maximum atomic E-state index is 12.7. The van der Waals surface area contributed by atoms with Crippen LogP contribution in [0.1, 0.15) is 0 Å². The molecule has 3 N–H and O–H groups in total. The van der Waals surface area contributed by atoms with Gasteiger partial charge in [0.25, 0.3) is 0 Å². The van der Waals surface area contributed by atoms with Crippen molar-refractivity contribution in [2.75, 3.05) is 12.8 Å². The van der Waals surface area contributed by atoms with E-state index in [0.717, 1.165) is 12.1 Å². The highest BCUT2D eigenvalue weighted by molar-refractivity contribution is 5.55. The zero-order valence-electron chi connectivity index (χ0n) is 5.97. The molecule has 11 heavy (non-hydrogen) atoms. The molecular formula is C7H8FNO2. The topological polar surface area (TPSA) is 55.5 Å². The van der Waals surface area contributed by atoms with Crippen LogP contribution in [0.25, 0.3) is 0 Å². The molecule has 0 saturated heterocycles. The van der Waals surface area contributed by atoms with Gasteiger partial charge in [-0.05, 0) is 0 Å². The van der Waals surface area contributed by atoms with E-state index in [0.29, 0.717) is 0 Å². The first-order valence-corrected chi connectivity index (χ1v) is 2.97. The van der Waals surface area contributed by atoms with E-state index in [1.54, 1.807) is 0 Å². The molecule has 1 rings (SSSR count). The second-order valence-electron chi connectivity index (χ2n) is 2.05. The Bertz CT molecular complexity index is 275. The maximum Gasteiger partial charge on any atom is 0.167 e. The van der Waals surface area contributed by atoms with Crippen LogP contribution in [-0.2, 0) is 0 Å². The molecule has 0 spiro atoms. The number of ether oxygens (including phenoxy) is 1. The lowest BCUT2D eigenvalue weighted by molar-refractivity contribution is 0.381. The van der Waals surface area contributed by atoms with Crippen LogP contribution in [0, 0.1) is 5.82 Å². The lowest BCUT2D eigenvalue weighted by Crippen LogP contribution is -1.91. The van der Waals surface area contributed by atoms with Crippen molar-refractivity contribution in [1.82, 2.24) is 0 Å². The Morgan fingerprint density at radius 1 is 1.55 bits per heavy atom. The summed E-state index contributed by atoms with van der Waals surface area (Å²) in [6, 6.07) is 2.14. The van der Waals surface area contributed by atoms with Gasteiger partial charge in [0.1, 0.15) is 5.75 Å². The molecule has 0 saturated carbocycles. The van der Waals surface area contributed by atoms with Crippen molar-refractivity contribution in [1.29, 1.82) is 0 Å². The lowest BCUT2D eigenvalue weighted by atomic mass is 10.3. The first-order valence-electron chi connectivity index (χ1n) is 2.97. The highest BCUT2D eigenvalue weighted by Crippen LogP contribution is 2.28. The smallest absolute Gasteiger partial charge is 0.167 e.